The molecule has 1 aromatic rings. The minimum absolute atomic E-state index is 0.248. The molecule has 0 saturated carbocycles. The lowest BCUT2D eigenvalue weighted by Gasteiger charge is -2.06. The van der Waals surface area contributed by atoms with Gasteiger partial charge in [-0.3, -0.25) is 0 Å². The lowest BCUT2D eigenvalue weighted by atomic mass is 10.3. The molecule has 1 aromatic carbocycles. The summed E-state index contributed by atoms with van der Waals surface area (Å²) in [5.41, 5.74) is 6.43. The van der Waals surface area contributed by atoms with Crippen LogP contribution in [0.5, 0.6) is 0 Å². The topological polar surface area (TPSA) is 26.0 Å². The van der Waals surface area contributed by atoms with Crippen molar-refractivity contribution in [3.05, 3.63) is 22.4 Å². The SMILES string of the molecule is CCCCCSc1cc(F)c(Br)cc1N. The molecule has 0 bridgehead atoms. The zero-order valence-corrected chi connectivity index (χ0v) is 11.1. The first-order valence-corrected chi connectivity index (χ1v) is 6.80. The van der Waals surface area contributed by atoms with Crippen molar-refractivity contribution in [3.8, 4) is 0 Å². The van der Waals surface area contributed by atoms with E-state index in [1.54, 1.807) is 17.8 Å². The number of rotatable bonds is 5. The molecular weight excluding hydrogens is 277 g/mol. The highest BCUT2D eigenvalue weighted by Crippen LogP contribution is 2.30. The van der Waals surface area contributed by atoms with Crippen LogP contribution in [-0.2, 0) is 0 Å². The van der Waals surface area contributed by atoms with Gasteiger partial charge in [0, 0.05) is 10.6 Å². The van der Waals surface area contributed by atoms with Gasteiger partial charge in [-0.25, -0.2) is 4.39 Å². The van der Waals surface area contributed by atoms with Gasteiger partial charge in [-0.2, -0.15) is 0 Å². The van der Waals surface area contributed by atoms with Gasteiger partial charge in [0.25, 0.3) is 0 Å². The largest absolute Gasteiger partial charge is 0.398 e. The molecule has 15 heavy (non-hydrogen) atoms. The molecule has 0 saturated heterocycles. The number of benzene rings is 1. The second kappa shape index (κ2) is 6.38. The van der Waals surface area contributed by atoms with Gasteiger partial charge in [0.05, 0.1) is 4.47 Å². The van der Waals surface area contributed by atoms with Gasteiger partial charge < -0.3 is 5.73 Å². The molecule has 0 fully saturated rings. The zero-order chi connectivity index (χ0) is 11.3. The molecule has 0 amide bonds. The molecule has 0 spiro atoms. The number of nitrogens with two attached hydrogens (primary N) is 1. The molecule has 0 aromatic heterocycles. The van der Waals surface area contributed by atoms with Crippen molar-refractivity contribution in [3.63, 3.8) is 0 Å². The van der Waals surface area contributed by atoms with E-state index >= 15 is 0 Å². The standard InChI is InChI=1S/C11H15BrFNS/c1-2-3-4-5-15-11-7-9(13)8(12)6-10(11)14/h6-7H,2-5,14H2,1H3. The summed E-state index contributed by atoms with van der Waals surface area (Å²) in [5.74, 6) is 0.751. The fourth-order valence-corrected chi connectivity index (χ4v) is 2.55. The lowest BCUT2D eigenvalue weighted by Crippen LogP contribution is -1.92. The molecule has 0 unspecified atom stereocenters. The van der Waals surface area contributed by atoms with Crippen molar-refractivity contribution in [2.45, 2.75) is 31.1 Å². The quantitative estimate of drug-likeness (QED) is 0.493. The third-order valence-electron chi connectivity index (χ3n) is 2.06. The number of hydrogen-bond donors (Lipinski definition) is 1. The van der Waals surface area contributed by atoms with E-state index in [4.69, 9.17) is 5.73 Å². The summed E-state index contributed by atoms with van der Waals surface area (Å²) in [4.78, 5) is 0.840. The van der Waals surface area contributed by atoms with E-state index in [0.717, 1.165) is 17.1 Å². The molecule has 0 aliphatic rings. The highest BCUT2D eigenvalue weighted by atomic mass is 79.9. The third-order valence-corrected chi connectivity index (χ3v) is 3.82. The highest BCUT2D eigenvalue weighted by Gasteiger charge is 2.06. The second-order valence-electron chi connectivity index (χ2n) is 3.36. The van der Waals surface area contributed by atoms with Crippen LogP contribution in [0.25, 0.3) is 0 Å². The van der Waals surface area contributed by atoms with Gasteiger partial charge >= 0.3 is 0 Å². The minimum Gasteiger partial charge on any atom is -0.398 e. The van der Waals surface area contributed by atoms with Crippen molar-refractivity contribution < 1.29 is 4.39 Å². The summed E-state index contributed by atoms with van der Waals surface area (Å²) in [6.45, 7) is 2.17. The fraction of sp³-hybridized carbons (Fsp3) is 0.455. The Balaban J connectivity index is 2.57. The van der Waals surface area contributed by atoms with E-state index in [-0.39, 0.29) is 5.82 Å². The maximum atomic E-state index is 13.2. The van der Waals surface area contributed by atoms with E-state index in [1.165, 1.54) is 18.9 Å². The molecule has 84 valence electrons. The predicted octanol–water partition coefficient (Wildman–Crippen LogP) is 4.45. The Morgan fingerprint density at radius 2 is 2.13 bits per heavy atom. The van der Waals surface area contributed by atoms with Crippen molar-refractivity contribution in [1.29, 1.82) is 0 Å². The Hall–Kier alpha value is -0.220. The van der Waals surface area contributed by atoms with E-state index in [9.17, 15) is 4.39 Å². The monoisotopic (exact) mass is 291 g/mol. The number of unbranched alkanes of at least 4 members (excludes halogenated alkanes) is 2. The molecule has 2 N–H and O–H groups in total. The molecule has 1 nitrogen and oxygen atoms in total. The smallest absolute Gasteiger partial charge is 0.138 e. The molecule has 0 radical (unpaired) electrons. The summed E-state index contributed by atoms with van der Waals surface area (Å²) in [5, 5.41) is 0. The Kier molecular flexibility index (Phi) is 5.47. The first-order valence-electron chi connectivity index (χ1n) is 5.02. The third kappa shape index (κ3) is 4.03. The first-order chi connectivity index (χ1) is 7.15. The van der Waals surface area contributed by atoms with Crippen LogP contribution < -0.4 is 5.73 Å². The number of hydrogen-bond acceptors (Lipinski definition) is 2. The summed E-state index contributed by atoms with van der Waals surface area (Å²) in [7, 11) is 0. The number of nitrogen functional groups attached to an aromatic ring is 1. The molecule has 0 aliphatic carbocycles. The normalized spacial score (nSPS) is 10.6. The van der Waals surface area contributed by atoms with Crippen molar-refractivity contribution in [2.75, 3.05) is 11.5 Å². The molecule has 1 rings (SSSR count). The fourth-order valence-electron chi connectivity index (χ4n) is 1.20. The van der Waals surface area contributed by atoms with E-state index < -0.39 is 0 Å². The molecule has 0 aliphatic heterocycles. The molecule has 4 heteroatoms. The van der Waals surface area contributed by atoms with Gasteiger partial charge in [0.1, 0.15) is 5.82 Å². The summed E-state index contributed by atoms with van der Waals surface area (Å²) in [6.07, 6.45) is 3.56. The lowest BCUT2D eigenvalue weighted by molar-refractivity contribution is 0.618. The van der Waals surface area contributed by atoms with E-state index in [1.807, 2.05) is 0 Å². The van der Waals surface area contributed by atoms with Crippen LogP contribution >= 0.6 is 27.7 Å². The van der Waals surface area contributed by atoms with Gasteiger partial charge in [0.15, 0.2) is 0 Å². The Morgan fingerprint density at radius 3 is 2.80 bits per heavy atom. The number of anilines is 1. The Bertz CT molecular complexity index is 331. The maximum Gasteiger partial charge on any atom is 0.138 e. The minimum atomic E-state index is -0.248. The van der Waals surface area contributed by atoms with Crippen LogP contribution in [-0.4, -0.2) is 5.75 Å². The summed E-state index contributed by atoms with van der Waals surface area (Å²) < 4.78 is 13.6. The zero-order valence-electron chi connectivity index (χ0n) is 8.72. The molecule has 0 heterocycles. The van der Waals surface area contributed by atoms with Gasteiger partial charge in [-0.1, -0.05) is 19.8 Å². The van der Waals surface area contributed by atoms with Crippen LogP contribution in [0.3, 0.4) is 0 Å². The summed E-state index contributed by atoms with van der Waals surface area (Å²) >= 11 is 4.73. The van der Waals surface area contributed by atoms with Gasteiger partial charge in [-0.15, -0.1) is 11.8 Å². The van der Waals surface area contributed by atoms with Crippen LogP contribution in [0.4, 0.5) is 10.1 Å². The van der Waals surface area contributed by atoms with Gasteiger partial charge in [0.2, 0.25) is 0 Å². The van der Waals surface area contributed by atoms with Gasteiger partial charge in [-0.05, 0) is 40.2 Å². The summed E-state index contributed by atoms with van der Waals surface area (Å²) in [6, 6.07) is 3.12. The Morgan fingerprint density at radius 1 is 1.40 bits per heavy atom. The molecular formula is C11H15BrFNS. The molecule has 0 atom stereocenters. The number of halogens is 2. The van der Waals surface area contributed by atoms with Crippen molar-refractivity contribution in [2.24, 2.45) is 0 Å². The van der Waals surface area contributed by atoms with Crippen LogP contribution in [0, 0.1) is 5.82 Å². The maximum absolute atomic E-state index is 13.2. The number of thioether (sulfide) groups is 1. The van der Waals surface area contributed by atoms with Crippen LogP contribution in [0.15, 0.2) is 21.5 Å². The average molecular weight is 292 g/mol. The average Bonchev–Trinajstić information content (AvgIpc) is 2.20. The predicted molar refractivity (Wildman–Crippen MR) is 68.8 cm³/mol. The van der Waals surface area contributed by atoms with Crippen molar-refractivity contribution >= 4 is 33.4 Å². The van der Waals surface area contributed by atoms with E-state index in [2.05, 4.69) is 22.9 Å². The second-order valence-corrected chi connectivity index (χ2v) is 5.35. The first kappa shape index (κ1) is 12.8. The van der Waals surface area contributed by atoms with Crippen LogP contribution in [0.2, 0.25) is 0 Å². The highest BCUT2D eigenvalue weighted by molar-refractivity contribution is 9.10. The Labute approximate surface area is 103 Å². The van der Waals surface area contributed by atoms with Crippen LogP contribution in [0.1, 0.15) is 26.2 Å². The van der Waals surface area contributed by atoms with Crippen molar-refractivity contribution in [1.82, 2.24) is 0 Å². The van der Waals surface area contributed by atoms with E-state index in [0.29, 0.717) is 10.2 Å².